The molecule has 0 aromatic carbocycles. The van der Waals surface area contributed by atoms with Gasteiger partial charge in [0.15, 0.2) is 0 Å². The topological polar surface area (TPSA) is 12.0 Å². The average Bonchev–Trinajstić information content (AvgIpc) is 2.69. The zero-order valence-corrected chi connectivity index (χ0v) is 10.5. The van der Waals surface area contributed by atoms with Crippen LogP contribution in [0.3, 0.4) is 0 Å². The van der Waals surface area contributed by atoms with Crippen LogP contribution in [0.4, 0.5) is 0 Å². The molecular weight excluding hydrogens is 182 g/mol. The molecule has 15 heavy (non-hydrogen) atoms. The summed E-state index contributed by atoms with van der Waals surface area (Å²) in [4.78, 5) is 0. The Bertz CT molecular complexity index is 190. The van der Waals surface area contributed by atoms with Gasteiger partial charge in [0.05, 0.1) is 0 Å². The van der Waals surface area contributed by atoms with Gasteiger partial charge in [0.25, 0.3) is 0 Å². The molecule has 0 aliphatic heterocycles. The number of nitrogens with one attached hydrogen (secondary N) is 1. The van der Waals surface area contributed by atoms with Crippen LogP contribution in [0.25, 0.3) is 0 Å². The van der Waals surface area contributed by atoms with Gasteiger partial charge in [-0.05, 0) is 43.9 Å². The maximum absolute atomic E-state index is 3.93. The molecule has 0 amide bonds. The van der Waals surface area contributed by atoms with E-state index >= 15 is 0 Å². The molecule has 2 saturated carbocycles. The lowest BCUT2D eigenvalue weighted by molar-refractivity contribution is 0.256. The summed E-state index contributed by atoms with van der Waals surface area (Å²) < 4.78 is 0. The summed E-state index contributed by atoms with van der Waals surface area (Å²) >= 11 is 0. The highest BCUT2D eigenvalue weighted by Gasteiger charge is 2.28. The molecule has 0 saturated heterocycles. The molecule has 4 atom stereocenters. The molecular formula is C14H27N. The molecule has 2 aliphatic carbocycles. The molecule has 0 heterocycles. The van der Waals surface area contributed by atoms with Crippen LogP contribution < -0.4 is 5.32 Å². The molecule has 1 heteroatoms. The van der Waals surface area contributed by atoms with E-state index < -0.39 is 0 Å². The molecule has 4 unspecified atom stereocenters. The molecule has 0 bridgehead atoms. The minimum Gasteiger partial charge on any atom is -0.311 e. The van der Waals surface area contributed by atoms with Crippen molar-refractivity contribution >= 4 is 0 Å². The zero-order valence-electron chi connectivity index (χ0n) is 10.5. The van der Waals surface area contributed by atoms with E-state index in [9.17, 15) is 0 Å². The Morgan fingerprint density at radius 3 is 2.53 bits per heavy atom. The van der Waals surface area contributed by atoms with Crippen LogP contribution in [0.15, 0.2) is 0 Å². The summed E-state index contributed by atoms with van der Waals surface area (Å²) in [5, 5.41) is 3.93. The highest BCUT2D eigenvalue weighted by atomic mass is 15.0. The van der Waals surface area contributed by atoms with E-state index in [2.05, 4.69) is 19.2 Å². The van der Waals surface area contributed by atoms with Gasteiger partial charge in [0.1, 0.15) is 0 Å². The van der Waals surface area contributed by atoms with E-state index in [1.165, 1.54) is 51.4 Å². The normalized spacial score (nSPS) is 42.0. The van der Waals surface area contributed by atoms with Gasteiger partial charge < -0.3 is 5.32 Å². The van der Waals surface area contributed by atoms with Gasteiger partial charge in [0.2, 0.25) is 0 Å². The van der Waals surface area contributed by atoms with Gasteiger partial charge in [-0.25, -0.2) is 0 Å². The Morgan fingerprint density at radius 1 is 1.07 bits per heavy atom. The molecule has 2 rings (SSSR count). The smallest absolute Gasteiger partial charge is 0.00952 e. The van der Waals surface area contributed by atoms with Gasteiger partial charge in [-0.2, -0.15) is 0 Å². The third-order valence-corrected chi connectivity index (χ3v) is 4.68. The van der Waals surface area contributed by atoms with Crippen molar-refractivity contribution in [3.05, 3.63) is 0 Å². The van der Waals surface area contributed by atoms with Crippen molar-refractivity contribution in [2.75, 3.05) is 0 Å². The van der Waals surface area contributed by atoms with Gasteiger partial charge in [-0.3, -0.25) is 0 Å². The summed E-state index contributed by atoms with van der Waals surface area (Å²) in [6.45, 7) is 4.78. The SMILES string of the molecule is CCC1CCC(NC2CCCCC2C)C1. The van der Waals surface area contributed by atoms with Crippen LogP contribution in [-0.4, -0.2) is 12.1 Å². The van der Waals surface area contributed by atoms with Gasteiger partial charge in [-0.1, -0.05) is 33.1 Å². The number of hydrogen-bond acceptors (Lipinski definition) is 1. The Morgan fingerprint density at radius 2 is 1.87 bits per heavy atom. The first-order chi connectivity index (χ1) is 7.29. The van der Waals surface area contributed by atoms with E-state index in [4.69, 9.17) is 0 Å². The zero-order chi connectivity index (χ0) is 10.7. The first-order valence-electron chi connectivity index (χ1n) is 7.05. The molecule has 1 nitrogen and oxygen atoms in total. The minimum absolute atomic E-state index is 0.833. The monoisotopic (exact) mass is 209 g/mol. The molecule has 0 spiro atoms. The molecule has 88 valence electrons. The van der Waals surface area contributed by atoms with Crippen molar-refractivity contribution in [1.29, 1.82) is 0 Å². The second kappa shape index (κ2) is 5.34. The molecule has 2 aliphatic rings. The fourth-order valence-electron chi connectivity index (χ4n) is 3.46. The predicted molar refractivity (Wildman–Crippen MR) is 66.0 cm³/mol. The third kappa shape index (κ3) is 2.96. The molecule has 2 fully saturated rings. The first kappa shape index (κ1) is 11.4. The van der Waals surface area contributed by atoms with Crippen LogP contribution in [-0.2, 0) is 0 Å². The van der Waals surface area contributed by atoms with Crippen LogP contribution in [0.1, 0.15) is 65.2 Å². The van der Waals surface area contributed by atoms with E-state index in [0.29, 0.717) is 0 Å². The van der Waals surface area contributed by atoms with Crippen LogP contribution >= 0.6 is 0 Å². The standard InChI is InChI=1S/C14H27N/c1-3-12-8-9-13(10-12)15-14-7-5-4-6-11(14)2/h11-15H,3-10H2,1-2H3. The maximum Gasteiger partial charge on any atom is 0.00952 e. The van der Waals surface area contributed by atoms with E-state index in [0.717, 1.165) is 23.9 Å². The highest BCUT2D eigenvalue weighted by molar-refractivity contribution is 4.86. The van der Waals surface area contributed by atoms with Crippen molar-refractivity contribution in [2.45, 2.75) is 77.3 Å². The highest BCUT2D eigenvalue weighted by Crippen LogP contribution is 2.30. The Balaban J connectivity index is 1.76. The van der Waals surface area contributed by atoms with Crippen LogP contribution in [0.5, 0.6) is 0 Å². The molecule has 0 radical (unpaired) electrons. The summed E-state index contributed by atoms with van der Waals surface area (Å²) in [5.74, 6) is 1.93. The van der Waals surface area contributed by atoms with Crippen molar-refractivity contribution in [3.63, 3.8) is 0 Å². The van der Waals surface area contributed by atoms with E-state index in [1.807, 2.05) is 0 Å². The summed E-state index contributed by atoms with van der Waals surface area (Å²) in [5.41, 5.74) is 0. The lowest BCUT2D eigenvalue weighted by atomic mass is 9.85. The van der Waals surface area contributed by atoms with Crippen molar-refractivity contribution in [2.24, 2.45) is 11.8 Å². The average molecular weight is 209 g/mol. The number of rotatable bonds is 3. The third-order valence-electron chi connectivity index (χ3n) is 4.68. The molecule has 0 aromatic heterocycles. The molecule has 0 aromatic rings. The molecule has 1 N–H and O–H groups in total. The fourth-order valence-corrected chi connectivity index (χ4v) is 3.46. The minimum atomic E-state index is 0.833. The van der Waals surface area contributed by atoms with Crippen molar-refractivity contribution in [3.8, 4) is 0 Å². The van der Waals surface area contributed by atoms with Gasteiger partial charge in [-0.15, -0.1) is 0 Å². The number of hydrogen-bond donors (Lipinski definition) is 1. The van der Waals surface area contributed by atoms with Crippen LogP contribution in [0, 0.1) is 11.8 Å². The van der Waals surface area contributed by atoms with Crippen molar-refractivity contribution < 1.29 is 0 Å². The summed E-state index contributed by atoms with van der Waals surface area (Å²) in [6, 6.07) is 1.68. The Labute approximate surface area is 95.0 Å². The lowest BCUT2D eigenvalue weighted by Crippen LogP contribution is -2.42. The van der Waals surface area contributed by atoms with E-state index in [-0.39, 0.29) is 0 Å². The Hall–Kier alpha value is -0.0400. The summed E-state index contributed by atoms with van der Waals surface area (Å²) in [7, 11) is 0. The largest absolute Gasteiger partial charge is 0.311 e. The Kier molecular flexibility index (Phi) is 4.07. The predicted octanol–water partition coefficient (Wildman–Crippen LogP) is 3.73. The second-order valence-corrected chi connectivity index (χ2v) is 5.82. The first-order valence-corrected chi connectivity index (χ1v) is 7.05. The lowest BCUT2D eigenvalue weighted by Gasteiger charge is -2.32. The summed E-state index contributed by atoms with van der Waals surface area (Å²) in [6.07, 6.45) is 11.5. The van der Waals surface area contributed by atoms with Gasteiger partial charge >= 0.3 is 0 Å². The maximum atomic E-state index is 3.93. The fraction of sp³-hybridized carbons (Fsp3) is 1.00. The van der Waals surface area contributed by atoms with Gasteiger partial charge in [0, 0.05) is 12.1 Å². The quantitative estimate of drug-likeness (QED) is 0.747. The van der Waals surface area contributed by atoms with E-state index in [1.54, 1.807) is 0 Å². The van der Waals surface area contributed by atoms with Crippen LogP contribution in [0.2, 0.25) is 0 Å². The van der Waals surface area contributed by atoms with Crippen molar-refractivity contribution in [1.82, 2.24) is 5.32 Å². The second-order valence-electron chi connectivity index (χ2n) is 5.82.